The Balaban J connectivity index is 1.59. The molecule has 2 heterocycles. The van der Waals surface area contributed by atoms with Crippen molar-refractivity contribution in [3.05, 3.63) is 30.3 Å². The molecule has 2 aliphatic heterocycles. The molecule has 0 aliphatic carbocycles. The van der Waals surface area contributed by atoms with Crippen LogP contribution in [0.1, 0.15) is 19.3 Å². The number of nitrogens with zero attached hydrogens (tertiary/aromatic N) is 1. The fraction of sp³-hybridized carbons (Fsp3) is 0.632. The predicted octanol–water partition coefficient (Wildman–Crippen LogP) is -1.06. The average molecular weight is 396 g/mol. The van der Waals surface area contributed by atoms with Crippen LogP contribution in [0.5, 0.6) is 0 Å². The van der Waals surface area contributed by atoms with Crippen molar-refractivity contribution in [3.63, 3.8) is 0 Å². The number of carbonyl (C=O) groups is 1. The van der Waals surface area contributed by atoms with E-state index < -0.39 is 30.9 Å². The first kappa shape index (κ1) is 21.1. The Morgan fingerprint density at radius 3 is 2.43 bits per heavy atom. The summed E-state index contributed by atoms with van der Waals surface area (Å²) in [5, 5.41) is 41.9. The second kappa shape index (κ2) is 9.75. The summed E-state index contributed by atoms with van der Waals surface area (Å²) in [7, 11) is 0. The standard InChI is InChI=1S/C19H28N2O7/c22-14(8-11-27-19-17(25)15(23)16(24)18(26)28-19)21(12-4-2-1-3-5-12)13-6-9-20-10-7-13/h1-5,13,15-20,23-26H,6-11H2/t15-,16-,17+,18+,19+/m0/s1. The van der Waals surface area contributed by atoms with Crippen LogP contribution in [0.2, 0.25) is 0 Å². The summed E-state index contributed by atoms with van der Waals surface area (Å²) in [5.74, 6) is -0.121. The number of nitrogens with one attached hydrogen (secondary N) is 1. The number of anilines is 1. The fourth-order valence-corrected chi connectivity index (χ4v) is 3.56. The van der Waals surface area contributed by atoms with Gasteiger partial charge in [-0.05, 0) is 38.1 Å². The summed E-state index contributed by atoms with van der Waals surface area (Å²) in [6, 6.07) is 9.53. The lowest BCUT2D eigenvalue weighted by atomic mass is 10.0. The van der Waals surface area contributed by atoms with E-state index in [0.29, 0.717) is 0 Å². The molecule has 28 heavy (non-hydrogen) atoms. The van der Waals surface area contributed by atoms with Gasteiger partial charge in [0.05, 0.1) is 13.0 Å². The highest BCUT2D eigenvalue weighted by Gasteiger charge is 2.43. The third kappa shape index (κ3) is 4.87. The van der Waals surface area contributed by atoms with Crippen LogP contribution >= 0.6 is 0 Å². The topological polar surface area (TPSA) is 132 Å². The van der Waals surface area contributed by atoms with Gasteiger partial charge in [-0.1, -0.05) is 18.2 Å². The van der Waals surface area contributed by atoms with Gasteiger partial charge in [0.2, 0.25) is 5.91 Å². The van der Waals surface area contributed by atoms with E-state index in [1.165, 1.54) is 0 Å². The number of rotatable bonds is 6. The van der Waals surface area contributed by atoms with Crippen LogP contribution in [0.4, 0.5) is 5.69 Å². The van der Waals surface area contributed by atoms with Crippen LogP contribution in [-0.4, -0.2) is 83.0 Å². The number of aliphatic hydroxyl groups excluding tert-OH is 4. The zero-order valence-corrected chi connectivity index (χ0v) is 15.6. The van der Waals surface area contributed by atoms with Crippen LogP contribution in [0, 0.1) is 0 Å². The Morgan fingerprint density at radius 2 is 1.75 bits per heavy atom. The zero-order chi connectivity index (χ0) is 20.1. The number of hydrogen-bond acceptors (Lipinski definition) is 8. The molecule has 5 atom stereocenters. The Bertz CT molecular complexity index is 626. The highest BCUT2D eigenvalue weighted by molar-refractivity contribution is 5.94. The van der Waals surface area contributed by atoms with Crippen LogP contribution in [-0.2, 0) is 14.3 Å². The monoisotopic (exact) mass is 396 g/mol. The summed E-state index contributed by atoms with van der Waals surface area (Å²) in [6.07, 6.45) is -6.00. The van der Waals surface area contributed by atoms with Crippen molar-refractivity contribution in [2.75, 3.05) is 24.6 Å². The molecule has 5 N–H and O–H groups in total. The van der Waals surface area contributed by atoms with E-state index in [2.05, 4.69) is 5.32 Å². The molecule has 9 nitrogen and oxygen atoms in total. The molecule has 0 unspecified atom stereocenters. The van der Waals surface area contributed by atoms with E-state index in [-0.39, 0.29) is 25.0 Å². The highest BCUT2D eigenvalue weighted by atomic mass is 16.7. The summed E-state index contributed by atoms with van der Waals surface area (Å²) in [5.41, 5.74) is 0.822. The minimum atomic E-state index is -1.67. The summed E-state index contributed by atoms with van der Waals surface area (Å²) < 4.78 is 10.3. The van der Waals surface area contributed by atoms with Gasteiger partial charge in [0.15, 0.2) is 12.6 Å². The zero-order valence-electron chi connectivity index (χ0n) is 15.6. The minimum Gasteiger partial charge on any atom is -0.387 e. The first-order valence-corrected chi connectivity index (χ1v) is 9.56. The van der Waals surface area contributed by atoms with E-state index in [1.54, 1.807) is 4.90 Å². The molecule has 1 amide bonds. The van der Waals surface area contributed by atoms with Gasteiger partial charge in [0, 0.05) is 11.7 Å². The van der Waals surface area contributed by atoms with Crippen LogP contribution in [0.25, 0.3) is 0 Å². The molecule has 0 saturated carbocycles. The third-order valence-corrected chi connectivity index (χ3v) is 5.12. The van der Waals surface area contributed by atoms with Crippen molar-refractivity contribution in [2.24, 2.45) is 0 Å². The molecular weight excluding hydrogens is 368 g/mol. The Hall–Kier alpha value is -1.59. The number of aliphatic hydroxyl groups is 4. The molecule has 2 aliphatic rings. The molecule has 2 saturated heterocycles. The van der Waals surface area contributed by atoms with E-state index in [9.17, 15) is 25.2 Å². The lowest BCUT2D eigenvalue weighted by Gasteiger charge is -2.38. The van der Waals surface area contributed by atoms with E-state index in [1.807, 2.05) is 30.3 Å². The number of hydrogen-bond donors (Lipinski definition) is 5. The van der Waals surface area contributed by atoms with Crippen molar-refractivity contribution in [1.82, 2.24) is 5.32 Å². The molecule has 156 valence electrons. The van der Waals surface area contributed by atoms with Crippen LogP contribution in [0.15, 0.2) is 30.3 Å². The molecule has 0 spiro atoms. The first-order valence-electron chi connectivity index (χ1n) is 9.56. The summed E-state index contributed by atoms with van der Waals surface area (Å²) >= 11 is 0. The predicted molar refractivity (Wildman–Crippen MR) is 99.3 cm³/mol. The summed E-state index contributed by atoms with van der Waals surface area (Å²) in [6.45, 7) is 1.63. The second-order valence-electron chi connectivity index (χ2n) is 7.07. The maximum atomic E-state index is 12.9. The maximum absolute atomic E-state index is 12.9. The van der Waals surface area contributed by atoms with Crippen molar-refractivity contribution in [2.45, 2.75) is 56.2 Å². The van der Waals surface area contributed by atoms with Crippen LogP contribution in [0.3, 0.4) is 0 Å². The normalized spacial score (nSPS) is 31.5. The molecule has 0 radical (unpaired) electrons. The van der Waals surface area contributed by atoms with E-state index in [0.717, 1.165) is 31.6 Å². The molecule has 2 fully saturated rings. The second-order valence-corrected chi connectivity index (χ2v) is 7.07. The quantitative estimate of drug-likeness (QED) is 0.411. The fourth-order valence-electron chi connectivity index (χ4n) is 3.56. The van der Waals surface area contributed by atoms with E-state index >= 15 is 0 Å². The van der Waals surface area contributed by atoms with Gasteiger partial charge in [-0.2, -0.15) is 0 Å². The molecule has 9 heteroatoms. The number of amides is 1. The number of ether oxygens (including phenoxy) is 2. The number of para-hydroxylation sites is 1. The smallest absolute Gasteiger partial charge is 0.229 e. The van der Waals surface area contributed by atoms with Gasteiger partial charge in [-0.25, -0.2) is 0 Å². The van der Waals surface area contributed by atoms with Crippen molar-refractivity contribution < 1.29 is 34.7 Å². The van der Waals surface area contributed by atoms with Gasteiger partial charge in [0.1, 0.15) is 18.3 Å². The molecule has 3 rings (SSSR count). The van der Waals surface area contributed by atoms with E-state index in [4.69, 9.17) is 9.47 Å². The number of piperidine rings is 1. The average Bonchev–Trinajstić information content (AvgIpc) is 2.72. The molecule has 1 aromatic carbocycles. The van der Waals surface area contributed by atoms with Crippen molar-refractivity contribution >= 4 is 11.6 Å². The third-order valence-electron chi connectivity index (χ3n) is 5.12. The van der Waals surface area contributed by atoms with Crippen molar-refractivity contribution in [1.29, 1.82) is 0 Å². The Labute approximate surface area is 163 Å². The van der Waals surface area contributed by atoms with Gasteiger partial charge in [0.25, 0.3) is 0 Å². The first-order chi connectivity index (χ1) is 13.5. The van der Waals surface area contributed by atoms with Crippen molar-refractivity contribution in [3.8, 4) is 0 Å². The largest absolute Gasteiger partial charge is 0.387 e. The van der Waals surface area contributed by atoms with Gasteiger partial charge in [-0.15, -0.1) is 0 Å². The van der Waals surface area contributed by atoms with Crippen LogP contribution < -0.4 is 10.2 Å². The molecular formula is C19H28N2O7. The molecule has 0 aromatic heterocycles. The number of carbonyl (C=O) groups excluding carboxylic acids is 1. The lowest BCUT2D eigenvalue weighted by Crippen LogP contribution is -2.58. The Kier molecular flexibility index (Phi) is 7.36. The Morgan fingerprint density at radius 1 is 1.07 bits per heavy atom. The lowest BCUT2D eigenvalue weighted by molar-refractivity contribution is -0.339. The molecule has 1 aromatic rings. The van der Waals surface area contributed by atoms with Gasteiger partial charge in [-0.3, -0.25) is 4.79 Å². The van der Waals surface area contributed by atoms with Gasteiger partial charge >= 0.3 is 0 Å². The number of benzene rings is 1. The highest BCUT2D eigenvalue weighted by Crippen LogP contribution is 2.24. The summed E-state index contributed by atoms with van der Waals surface area (Å²) in [4.78, 5) is 14.7. The van der Waals surface area contributed by atoms with Gasteiger partial charge < -0.3 is 40.1 Å². The SMILES string of the molecule is O=C(CCO[C@@H]1O[C@@H](O)[C@@H](O)[C@H](O)[C@H]1O)N(c1ccccc1)C1CCNCC1. The maximum Gasteiger partial charge on any atom is 0.229 e. The minimum absolute atomic E-state index is 0.0418. The molecule has 0 bridgehead atoms.